The number of benzene rings is 3. The van der Waals surface area contributed by atoms with Crippen molar-refractivity contribution >= 4 is 43.1 Å². The molecule has 0 N–H and O–H groups in total. The molecule has 1 unspecified atom stereocenters. The molecule has 0 aliphatic carbocycles. The van der Waals surface area contributed by atoms with Crippen LogP contribution in [0.3, 0.4) is 0 Å². The van der Waals surface area contributed by atoms with E-state index in [1.54, 1.807) is 12.5 Å². The molecule has 186 valence electrons. The third-order valence-electron chi connectivity index (χ3n) is 6.13. The van der Waals surface area contributed by atoms with Gasteiger partial charge in [0.25, 0.3) is 0 Å². The molecule has 5 nitrogen and oxygen atoms in total. The van der Waals surface area contributed by atoms with Crippen molar-refractivity contribution in [1.29, 1.82) is 0 Å². The summed E-state index contributed by atoms with van der Waals surface area (Å²) in [6, 6.07) is 29.1. The fraction of sp³-hybridized carbons (Fsp3) is 0.133. The Kier molecular flexibility index (Phi) is 7.72. The van der Waals surface area contributed by atoms with Crippen LogP contribution in [0.2, 0.25) is 0 Å². The highest BCUT2D eigenvalue weighted by Gasteiger charge is 2.30. The fourth-order valence-corrected chi connectivity index (χ4v) is 4.94. The summed E-state index contributed by atoms with van der Waals surface area (Å²) >= 11 is 6.90. The average Bonchev–Trinajstić information content (AvgIpc) is 3.66. The van der Waals surface area contributed by atoms with Gasteiger partial charge >= 0.3 is 0 Å². The van der Waals surface area contributed by atoms with Gasteiger partial charge in [-0.05, 0) is 79.6 Å². The van der Waals surface area contributed by atoms with E-state index in [1.807, 2.05) is 41.9 Å². The molecular weight excluding hydrogens is 592 g/mol. The number of rotatable bonds is 4. The van der Waals surface area contributed by atoms with Gasteiger partial charge in [0.15, 0.2) is 0 Å². The van der Waals surface area contributed by atoms with E-state index in [0.29, 0.717) is 0 Å². The Labute approximate surface area is 233 Å². The van der Waals surface area contributed by atoms with Crippen molar-refractivity contribution in [2.75, 3.05) is 4.90 Å². The lowest BCUT2D eigenvalue weighted by Crippen LogP contribution is -2.18. The van der Waals surface area contributed by atoms with E-state index in [1.165, 1.54) is 11.1 Å². The van der Waals surface area contributed by atoms with Crippen LogP contribution in [0, 0.1) is 13.8 Å². The number of nitrogens with zero attached hydrogens (tertiary/aromatic N) is 4. The van der Waals surface area contributed by atoms with Crippen LogP contribution in [0.15, 0.2) is 117 Å². The maximum Gasteiger partial charge on any atom is 0.217 e. The van der Waals surface area contributed by atoms with Gasteiger partial charge in [0.05, 0.1) is 17.6 Å². The molecular formula is C30H26Br2N4O. The maximum atomic E-state index is 5.58. The first-order valence-electron chi connectivity index (χ1n) is 12.0. The highest BCUT2D eigenvalue weighted by Crippen LogP contribution is 2.41. The van der Waals surface area contributed by atoms with E-state index in [-0.39, 0.29) is 6.04 Å². The summed E-state index contributed by atoms with van der Waals surface area (Å²) < 4.78 is 9.68. The Balaban J connectivity index is 0.000000171. The van der Waals surface area contributed by atoms with Gasteiger partial charge in [0.2, 0.25) is 5.89 Å². The van der Waals surface area contributed by atoms with Gasteiger partial charge in [-0.3, -0.25) is 0 Å². The summed E-state index contributed by atoms with van der Waals surface area (Å²) in [6.07, 6.45) is 6.42. The number of anilines is 1. The molecule has 3 heterocycles. The zero-order valence-corrected chi connectivity index (χ0v) is 23.7. The standard InChI is InChI=1S/C19H15BrN2O.C11H11BrN2/c20-16-6-8-17(9-7-16)22-13-15(14-4-2-1-3-5-14)12-18(22)19-21-10-11-23-19;1-8-7-9(2)14(13-8)11-5-3-10(12)4-6-11/h1-11,13,18H,12H2;3-7H,1-2H3. The van der Waals surface area contributed by atoms with Gasteiger partial charge in [-0.2, -0.15) is 5.10 Å². The second-order valence-electron chi connectivity index (χ2n) is 8.81. The lowest BCUT2D eigenvalue weighted by atomic mass is 10.0. The molecule has 0 saturated carbocycles. The Morgan fingerprint density at radius 1 is 0.838 bits per heavy atom. The molecule has 3 aromatic carbocycles. The molecule has 0 radical (unpaired) electrons. The van der Waals surface area contributed by atoms with Gasteiger partial charge < -0.3 is 9.32 Å². The molecule has 1 atom stereocenters. The minimum absolute atomic E-state index is 0.0846. The second-order valence-corrected chi connectivity index (χ2v) is 10.6. The van der Waals surface area contributed by atoms with E-state index in [4.69, 9.17) is 4.42 Å². The van der Waals surface area contributed by atoms with Crippen molar-refractivity contribution in [3.8, 4) is 5.69 Å². The first-order valence-corrected chi connectivity index (χ1v) is 13.5. The smallest absolute Gasteiger partial charge is 0.217 e. The van der Waals surface area contributed by atoms with Gasteiger partial charge in [-0.15, -0.1) is 0 Å². The Morgan fingerprint density at radius 2 is 1.49 bits per heavy atom. The molecule has 6 rings (SSSR count). The van der Waals surface area contributed by atoms with Crippen molar-refractivity contribution in [3.63, 3.8) is 0 Å². The van der Waals surface area contributed by atoms with Crippen LogP contribution in [0.4, 0.5) is 5.69 Å². The van der Waals surface area contributed by atoms with Crippen LogP contribution in [-0.4, -0.2) is 14.8 Å². The van der Waals surface area contributed by atoms with Crippen molar-refractivity contribution in [1.82, 2.24) is 14.8 Å². The maximum absolute atomic E-state index is 5.58. The fourth-order valence-electron chi connectivity index (χ4n) is 4.41. The number of halogens is 2. The van der Waals surface area contributed by atoms with Crippen LogP contribution in [0.5, 0.6) is 0 Å². The molecule has 1 aliphatic rings. The summed E-state index contributed by atoms with van der Waals surface area (Å²) in [5.41, 5.74) is 6.96. The number of aryl methyl sites for hydroxylation is 2. The van der Waals surface area contributed by atoms with E-state index in [0.717, 1.165) is 44.0 Å². The molecule has 7 heteroatoms. The summed E-state index contributed by atoms with van der Waals surface area (Å²) in [4.78, 5) is 6.61. The summed E-state index contributed by atoms with van der Waals surface area (Å²) in [6.45, 7) is 4.06. The Morgan fingerprint density at radius 3 is 2.05 bits per heavy atom. The molecule has 0 spiro atoms. The molecule has 37 heavy (non-hydrogen) atoms. The van der Waals surface area contributed by atoms with Gasteiger partial charge in [0, 0.05) is 32.9 Å². The minimum Gasteiger partial charge on any atom is -0.447 e. The lowest BCUT2D eigenvalue weighted by molar-refractivity contribution is 0.454. The van der Waals surface area contributed by atoms with Crippen LogP contribution in [0.25, 0.3) is 11.3 Å². The molecule has 0 fully saturated rings. The summed E-state index contributed by atoms with van der Waals surface area (Å²) in [7, 11) is 0. The highest BCUT2D eigenvalue weighted by atomic mass is 79.9. The molecule has 0 bridgehead atoms. The number of oxazole rings is 1. The highest BCUT2D eigenvalue weighted by molar-refractivity contribution is 9.10. The molecule has 2 aromatic heterocycles. The predicted octanol–water partition coefficient (Wildman–Crippen LogP) is 8.68. The van der Waals surface area contributed by atoms with E-state index in [2.05, 4.69) is 115 Å². The van der Waals surface area contributed by atoms with Crippen LogP contribution in [-0.2, 0) is 0 Å². The summed E-state index contributed by atoms with van der Waals surface area (Å²) in [5.74, 6) is 0.745. The van der Waals surface area contributed by atoms with Crippen molar-refractivity contribution in [2.45, 2.75) is 26.3 Å². The van der Waals surface area contributed by atoms with Crippen molar-refractivity contribution < 1.29 is 4.42 Å². The van der Waals surface area contributed by atoms with Crippen LogP contribution in [0.1, 0.15) is 35.3 Å². The molecule has 0 amide bonds. The first-order chi connectivity index (χ1) is 18.0. The largest absolute Gasteiger partial charge is 0.447 e. The van der Waals surface area contributed by atoms with Gasteiger partial charge in [0.1, 0.15) is 12.3 Å². The van der Waals surface area contributed by atoms with E-state index in [9.17, 15) is 0 Å². The minimum atomic E-state index is 0.0846. The van der Waals surface area contributed by atoms with Gasteiger partial charge in [-0.1, -0.05) is 62.2 Å². The Hall–Kier alpha value is -3.42. The Bertz CT molecular complexity index is 1480. The quantitative estimate of drug-likeness (QED) is 0.202. The number of aromatic nitrogens is 3. The summed E-state index contributed by atoms with van der Waals surface area (Å²) in [5, 5.41) is 4.41. The van der Waals surface area contributed by atoms with Gasteiger partial charge in [-0.25, -0.2) is 9.67 Å². The SMILES string of the molecule is Brc1ccc(N2C=C(c3ccccc3)CC2c2ncco2)cc1.Cc1cc(C)n(-c2ccc(Br)cc2)n1. The monoisotopic (exact) mass is 616 g/mol. The van der Waals surface area contributed by atoms with Crippen LogP contribution < -0.4 is 4.90 Å². The van der Waals surface area contributed by atoms with Crippen molar-refractivity contribution in [2.24, 2.45) is 0 Å². The molecule has 1 aliphatic heterocycles. The van der Waals surface area contributed by atoms with E-state index >= 15 is 0 Å². The lowest BCUT2D eigenvalue weighted by Gasteiger charge is -2.23. The zero-order chi connectivity index (χ0) is 25.8. The molecule has 0 saturated heterocycles. The van der Waals surface area contributed by atoms with Crippen LogP contribution >= 0.6 is 31.9 Å². The third-order valence-corrected chi connectivity index (χ3v) is 7.19. The van der Waals surface area contributed by atoms with E-state index < -0.39 is 0 Å². The number of hydrogen-bond donors (Lipinski definition) is 0. The molecule has 5 aromatic rings. The number of hydrogen-bond acceptors (Lipinski definition) is 4. The third kappa shape index (κ3) is 5.95. The predicted molar refractivity (Wildman–Crippen MR) is 156 cm³/mol. The first kappa shape index (κ1) is 25.2. The van der Waals surface area contributed by atoms with Crippen molar-refractivity contribution in [3.05, 3.63) is 135 Å². The average molecular weight is 618 g/mol. The normalized spacial score (nSPS) is 14.8. The zero-order valence-electron chi connectivity index (χ0n) is 20.6. The second kappa shape index (κ2) is 11.3. The topological polar surface area (TPSA) is 47.1 Å².